The van der Waals surface area contributed by atoms with E-state index < -0.39 is 0 Å². The maximum atomic E-state index is 10.7. The molecule has 0 aromatic rings. The summed E-state index contributed by atoms with van der Waals surface area (Å²) in [5, 5.41) is 0. The topological polar surface area (TPSA) is 26.3 Å². The molecule has 2 unspecified atom stereocenters. The third-order valence-corrected chi connectivity index (χ3v) is 2.65. The van der Waals surface area contributed by atoms with E-state index in [9.17, 15) is 4.79 Å². The van der Waals surface area contributed by atoms with E-state index in [0.29, 0.717) is 12.5 Å². The van der Waals surface area contributed by atoms with Gasteiger partial charge in [-0.3, -0.25) is 4.79 Å². The maximum absolute atomic E-state index is 10.7. The summed E-state index contributed by atoms with van der Waals surface area (Å²) in [6, 6.07) is 0. The normalized spacial score (nSPS) is 14.9. The van der Waals surface area contributed by atoms with E-state index in [2.05, 4.69) is 20.8 Å². The van der Waals surface area contributed by atoms with Crippen molar-refractivity contribution in [3.05, 3.63) is 0 Å². The molecule has 0 rings (SSSR count). The fourth-order valence-corrected chi connectivity index (χ4v) is 1.65. The molecule has 2 heteroatoms. The van der Waals surface area contributed by atoms with Crippen molar-refractivity contribution in [3.63, 3.8) is 0 Å². The van der Waals surface area contributed by atoms with Gasteiger partial charge in [0.15, 0.2) is 0 Å². The van der Waals surface area contributed by atoms with E-state index in [0.717, 1.165) is 12.3 Å². The van der Waals surface area contributed by atoms with Gasteiger partial charge in [-0.05, 0) is 24.7 Å². The van der Waals surface area contributed by atoms with Crippen LogP contribution in [0.2, 0.25) is 0 Å². The molecule has 0 aliphatic carbocycles. The van der Waals surface area contributed by atoms with Crippen molar-refractivity contribution in [1.82, 2.24) is 0 Å². The zero-order valence-corrected chi connectivity index (χ0v) is 10.0. The minimum absolute atomic E-state index is 0.157. The van der Waals surface area contributed by atoms with Crippen LogP contribution in [-0.2, 0) is 9.53 Å². The Bertz CT molecular complexity index is 154. The minimum atomic E-state index is -0.157. The van der Waals surface area contributed by atoms with Crippen molar-refractivity contribution in [2.45, 2.75) is 53.4 Å². The van der Waals surface area contributed by atoms with Crippen LogP contribution in [0.15, 0.2) is 0 Å². The van der Waals surface area contributed by atoms with Crippen LogP contribution in [0.5, 0.6) is 0 Å². The van der Waals surface area contributed by atoms with Crippen LogP contribution in [0.3, 0.4) is 0 Å². The standard InChI is InChI=1S/C12H24O2/c1-5-7-12(8-10(3)6-2)9-14-11(4)13/h10,12H,5-9H2,1-4H3. The second-order valence-corrected chi connectivity index (χ2v) is 4.21. The lowest BCUT2D eigenvalue weighted by Gasteiger charge is -2.19. The molecule has 2 nitrogen and oxygen atoms in total. The van der Waals surface area contributed by atoms with Crippen molar-refractivity contribution in [2.24, 2.45) is 11.8 Å². The van der Waals surface area contributed by atoms with Crippen LogP contribution >= 0.6 is 0 Å². The van der Waals surface area contributed by atoms with Crippen molar-refractivity contribution >= 4 is 5.97 Å². The molecule has 0 spiro atoms. The molecule has 0 N–H and O–H groups in total. The second kappa shape index (κ2) is 7.84. The molecule has 0 radical (unpaired) electrons. The van der Waals surface area contributed by atoms with Crippen LogP contribution in [0.1, 0.15) is 53.4 Å². The first-order chi connectivity index (χ1) is 6.60. The Labute approximate surface area is 88.0 Å². The smallest absolute Gasteiger partial charge is 0.302 e. The van der Waals surface area contributed by atoms with E-state index in [4.69, 9.17) is 4.74 Å². The molecule has 84 valence electrons. The van der Waals surface area contributed by atoms with E-state index in [1.807, 2.05) is 0 Å². The molecule has 0 amide bonds. The molecule has 0 aliphatic rings. The highest BCUT2D eigenvalue weighted by Gasteiger charge is 2.12. The number of carbonyl (C=O) groups is 1. The van der Waals surface area contributed by atoms with Crippen LogP contribution in [0.4, 0.5) is 0 Å². The Morgan fingerprint density at radius 1 is 1.36 bits per heavy atom. The lowest BCUT2D eigenvalue weighted by molar-refractivity contribution is -0.142. The monoisotopic (exact) mass is 200 g/mol. The Hall–Kier alpha value is -0.530. The van der Waals surface area contributed by atoms with Crippen LogP contribution in [0.25, 0.3) is 0 Å². The average Bonchev–Trinajstić information content (AvgIpc) is 2.14. The first-order valence-electron chi connectivity index (χ1n) is 5.73. The molecule has 0 saturated heterocycles. The van der Waals surface area contributed by atoms with Crippen molar-refractivity contribution in [1.29, 1.82) is 0 Å². The van der Waals surface area contributed by atoms with Gasteiger partial charge in [-0.15, -0.1) is 0 Å². The van der Waals surface area contributed by atoms with Gasteiger partial charge in [0.1, 0.15) is 0 Å². The van der Waals surface area contributed by atoms with E-state index >= 15 is 0 Å². The van der Waals surface area contributed by atoms with E-state index in [1.165, 1.54) is 26.2 Å². The summed E-state index contributed by atoms with van der Waals surface area (Å²) in [5.74, 6) is 1.14. The number of hydrogen-bond donors (Lipinski definition) is 0. The highest BCUT2D eigenvalue weighted by molar-refractivity contribution is 5.65. The molecule has 14 heavy (non-hydrogen) atoms. The van der Waals surface area contributed by atoms with Gasteiger partial charge in [-0.2, -0.15) is 0 Å². The Kier molecular flexibility index (Phi) is 7.54. The van der Waals surface area contributed by atoms with Gasteiger partial charge in [0.05, 0.1) is 6.61 Å². The third kappa shape index (κ3) is 6.93. The van der Waals surface area contributed by atoms with Gasteiger partial charge in [0, 0.05) is 6.92 Å². The van der Waals surface area contributed by atoms with Gasteiger partial charge >= 0.3 is 5.97 Å². The maximum Gasteiger partial charge on any atom is 0.302 e. The van der Waals surface area contributed by atoms with Crippen molar-refractivity contribution in [2.75, 3.05) is 6.61 Å². The zero-order valence-electron chi connectivity index (χ0n) is 10.0. The van der Waals surface area contributed by atoms with Gasteiger partial charge in [0.2, 0.25) is 0 Å². The zero-order chi connectivity index (χ0) is 11.0. The summed E-state index contributed by atoms with van der Waals surface area (Å²) in [5.41, 5.74) is 0. The largest absolute Gasteiger partial charge is 0.466 e. The summed E-state index contributed by atoms with van der Waals surface area (Å²) in [6.07, 6.45) is 4.72. The summed E-state index contributed by atoms with van der Waals surface area (Å²) >= 11 is 0. The molecule has 0 aromatic carbocycles. The van der Waals surface area contributed by atoms with Crippen molar-refractivity contribution in [3.8, 4) is 0 Å². The molecular weight excluding hydrogens is 176 g/mol. The third-order valence-electron chi connectivity index (χ3n) is 2.65. The Morgan fingerprint density at radius 3 is 2.43 bits per heavy atom. The van der Waals surface area contributed by atoms with Gasteiger partial charge in [-0.25, -0.2) is 0 Å². The van der Waals surface area contributed by atoms with Gasteiger partial charge in [-0.1, -0.05) is 33.6 Å². The predicted octanol–water partition coefficient (Wildman–Crippen LogP) is 3.40. The molecular formula is C12H24O2. The molecule has 0 bridgehead atoms. The predicted molar refractivity (Wildman–Crippen MR) is 59.1 cm³/mol. The molecule has 0 saturated carbocycles. The Balaban J connectivity index is 3.82. The van der Waals surface area contributed by atoms with Gasteiger partial charge in [0.25, 0.3) is 0 Å². The highest BCUT2D eigenvalue weighted by atomic mass is 16.5. The van der Waals surface area contributed by atoms with Crippen LogP contribution in [-0.4, -0.2) is 12.6 Å². The Morgan fingerprint density at radius 2 is 2.00 bits per heavy atom. The molecule has 0 fully saturated rings. The number of esters is 1. The fraction of sp³-hybridized carbons (Fsp3) is 0.917. The molecule has 0 aromatic heterocycles. The average molecular weight is 200 g/mol. The minimum Gasteiger partial charge on any atom is -0.466 e. The number of hydrogen-bond acceptors (Lipinski definition) is 2. The highest BCUT2D eigenvalue weighted by Crippen LogP contribution is 2.19. The molecule has 0 aliphatic heterocycles. The summed E-state index contributed by atoms with van der Waals surface area (Å²) < 4.78 is 5.06. The van der Waals surface area contributed by atoms with Crippen LogP contribution in [0, 0.1) is 11.8 Å². The second-order valence-electron chi connectivity index (χ2n) is 4.21. The number of carbonyl (C=O) groups excluding carboxylic acids is 1. The first-order valence-corrected chi connectivity index (χ1v) is 5.73. The number of rotatable bonds is 7. The summed E-state index contributed by atoms with van der Waals surface area (Å²) in [4.78, 5) is 10.7. The molecule has 0 heterocycles. The fourth-order valence-electron chi connectivity index (χ4n) is 1.65. The molecule has 2 atom stereocenters. The quantitative estimate of drug-likeness (QED) is 0.589. The number of ether oxygens (including phenoxy) is 1. The summed E-state index contributed by atoms with van der Waals surface area (Å²) in [6.45, 7) is 8.73. The van der Waals surface area contributed by atoms with E-state index in [-0.39, 0.29) is 5.97 Å². The lowest BCUT2D eigenvalue weighted by atomic mass is 9.91. The van der Waals surface area contributed by atoms with Gasteiger partial charge < -0.3 is 4.74 Å². The first kappa shape index (κ1) is 13.5. The lowest BCUT2D eigenvalue weighted by Crippen LogP contribution is -2.15. The summed E-state index contributed by atoms with van der Waals surface area (Å²) in [7, 11) is 0. The van der Waals surface area contributed by atoms with Crippen molar-refractivity contribution < 1.29 is 9.53 Å². The SMILES string of the molecule is CCCC(COC(C)=O)CC(C)CC. The van der Waals surface area contributed by atoms with Crippen LogP contribution < -0.4 is 0 Å². The van der Waals surface area contributed by atoms with E-state index in [1.54, 1.807) is 0 Å².